The van der Waals surface area contributed by atoms with Gasteiger partial charge in [0.15, 0.2) is 0 Å². The van der Waals surface area contributed by atoms with Crippen LogP contribution in [0, 0.1) is 5.92 Å². The maximum Gasteiger partial charge on any atom is 0.246 e. The molecule has 2 heterocycles. The lowest BCUT2D eigenvalue weighted by Crippen LogP contribution is -2.46. The largest absolute Gasteiger partial charge is 0.323 e. The zero-order valence-corrected chi connectivity index (χ0v) is 12.1. The van der Waals surface area contributed by atoms with Gasteiger partial charge in [0.1, 0.15) is 4.90 Å². The van der Waals surface area contributed by atoms with E-state index in [1.54, 1.807) is 10.4 Å². The Morgan fingerprint density at radius 3 is 2.90 bits per heavy atom. The summed E-state index contributed by atoms with van der Waals surface area (Å²) in [6.45, 7) is 0.600. The van der Waals surface area contributed by atoms with E-state index in [1.165, 1.54) is 12.4 Å². The van der Waals surface area contributed by atoms with Crippen molar-refractivity contribution in [2.24, 2.45) is 11.8 Å². The SMILES string of the molecule is NNc1ccncc1S(=O)(=O)N1CCCC2CCCC21. The van der Waals surface area contributed by atoms with Gasteiger partial charge in [-0.25, -0.2) is 8.42 Å². The average Bonchev–Trinajstić information content (AvgIpc) is 2.95. The molecule has 3 N–H and O–H groups in total. The highest BCUT2D eigenvalue weighted by Gasteiger charge is 2.41. The number of nitrogen functional groups attached to an aromatic ring is 1. The Hall–Kier alpha value is -1.18. The zero-order chi connectivity index (χ0) is 14.2. The van der Waals surface area contributed by atoms with Crippen LogP contribution in [-0.2, 0) is 10.0 Å². The first-order chi connectivity index (χ1) is 9.64. The minimum atomic E-state index is -3.53. The van der Waals surface area contributed by atoms with Crippen molar-refractivity contribution >= 4 is 15.7 Å². The van der Waals surface area contributed by atoms with Gasteiger partial charge in [-0.1, -0.05) is 6.42 Å². The number of fused-ring (bicyclic) bond motifs is 1. The molecule has 2 fully saturated rings. The molecule has 2 unspecified atom stereocenters. The summed E-state index contributed by atoms with van der Waals surface area (Å²) in [5, 5.41) is 0. The predicted octanol–water partition coefficient (Wildman–Crippen LogP) is 1.32. The number of hydrogen-bond donors (Lipinski definition) is 2. The minimum absolute atomic E-state index is 0.152. The summed E-state index contributed by atoms with van der Waals surface area (Å²) in [6.07, 6.45) is 8.22. The van der Waals surface area contributed by atoms with Crippen LogP contribution in [0.25, 0.3) is 0 Å². The number of nitrogens with two attached hydrogens (primary N) is 1. The number of anilines is 1. The molecule has 1 saturated carbocycles. The number of nitrogens with zero attached hydrogens (tertiary/aromatic N) is 2. The number of sulfonamides is 1. The Morgan fingerprint density at radius 2 is 2.10 bits per heavy atom. The fraction of sp³-hybridized carbons (Fsp3) is 0.615. The molecule has 0 spiro atoms. The summed E-state index contributed by atoms with van der Waals surface area (Å²) in [4.78, 5) is 4.11. The van der Waals surface area contributed by atoms with Gasteiger partial charge in [0, 0.05) is 25.0 Å². The summed E-state index contributed by atoms with van der Waals surface area (Å²) in [5.74, 6) is 5.94. The second kappa shape index (κ2) is 5.31. The van der Waals surface area contributed by atoms with Crippen LogP contribution < -0.4 is 11.3 Å². The number of nitrogens with one attached hydrogen (secondary N) is 1. The number of aromatic nitrogens is 1. The Bertz CT molecular complexity index is 590. The molecule has 110 valence electrons. The number of piperidine rings is 1. The third-order valence-electron chi connectivity index (χ3n) is 4.47. The maximum absolute atomic E-state index is 12.9. The van der Waals surface area contributed by atoms with E-state index in [0.717, 1.165) is 32.1 Å². The van der Waals surface area contributed by atoms with Crippen LogP contribution in [0.15, 0.2) is 23.4 Å². The first kappa shape index (κ1) is 13.8. The molecular weight excluding hydrogens is 276 g/mol. The lowest BCUT2D eigenvalue weighted by atomic mass is 9.94. The van der Waals surface area contributed by atoms with Gasteiger partial charge < -0.3 is 5.43 Å². The normalized spacial score (nSPS) is 27.2. The Labute approximate surface area is 119 Å². The van der Waals surface area contributed by atoms with Crippen LogP contribution in [0.4, 0.5) is 5.69 Å². The van der Waals surface area contributed by atoms with Crippen molar-refractivity contribution in [3.63, 3.8) is 0 Å². The quantitative estimate of drug-likeness (QED) is 0.649. The van der Waals surface area contributed by atoms with E-state index in [9.17, 15) is 8.42 Å². The van der Waals surface area contributed by atoms with Crippen LogP contribution in [0.5, 0.6) is 0 Å². The van der Waals surface area contributed by atoms with Crippen molar-refractivity contribution in [3.8, 4) is 0 Å². The van der Waals surface area contributed by atoms with Gasteiger partial charge in [-0.2, -0.15) is 4.31 Å². The van der Waals surface area contributed by atoms with Crippen LogP contribution in [0.2, 0.25) is 0 Å². The molecule has 20 heavy (non-hydrogen) atoms. The predicted molar refractivity (Wildman–Crippen MR) is 76.3 cm³/mol. The van der Waals surface area contributed by atoms with E-state index in [1.807, 2.05) is 0 Å². The second-order valence-electron chi connectivity index (χ2n) is 5.53. The van der Waals surface area contributed by atoms with Crippen molar-refractivity contribution in [3.05, 3.63) is 18.5 Å². The first-order valence-corrected chi connectivity index (χ1v) is 8.51. The molecule has 1 aliphatic heterocycles. The van der Waals surface area contributed by atoms with Gasteiger partial charge in [0.2, 0.25) is 10.0 Å². The highest BCUT2D eigenvalue weighted by atomic mass is 32.2. The van der Waals surface area contributed by atoms with Crippen LogP contribution >= 0.6 is 0 Å². The van der Waals surface area contributed by atoms with E-state index in [4.69, 9.17) is 5.84 Å². The monoisotopic (exact) mass is 296 g/mol. The molecule has 0 bridgehead atoms. The van der Waals surface area contributed by atoms with Gasteiger partial charge in [-0.05, 0) is 37.7 Å². The standard InChI is InChI=1S/C13H20N4O2S/c14-16-11-6-7-15-9-13(11)20(18,19)17-8-2-4-10-3-1-5-12(10)17/h6-7,9-10,12H,1-5,8,14H2,(H,15,16). The zero-order valence-electron chi connectivity index (χ0n) is 11.3. The van der Waals surface area contributed by atoms with Crippen molar-refractivity contribution in [1.29, 1.82) is 0 Å². The van der Waals surface area contributed by atoms with E-state index in [0.29, 0.717) is 18.2 Å². The lowest BCUT2D eigenvalue weighted by molar-refractivity contribution is 0.202. The molecule has 1 aromatic rings. The van der Waals surface area contributed by atoms with Crippen LogP contribution in [-0.4, -0.2) is 30.3 Å². The van der Waals surface area contributed by atoms with E-state index >= 15 is 0 Å². The topological polar surface area (TPSA) is 88.3 Å². The Kier molecular flexibility index (Phi) is 3.66. The van der Waals surface area contributed by atoms with Crippen molar-refractivity contribution in [1.82, 2.24) is 9.29 Å². The number of hydrazine groups is 1. The molecule has 0 aromatic carbocycles. The summed E-state index contributed by atoms with van der Waals surface area (Å²) >= 11 is 0. The van der Waals surface area contributed by atoms with Gasteiger partial charge >= 0.3 is 0 Å². The molecule has 1 aliphatic carbocycles. The van der Waals surface area contributed by atoms with Gasteiger partial charge in [-0.3, -0.25) is 10.8 Å². The number of pyridine rings is 1. The smallest absolute Gasteiger partial charge is 0.246 e. The molecule has 2 aliphatic rings. The fourth-order valence-corrected chi connectivity index (χ4v) is 5.39. The summed E-state index contributed by atoms with van der Waals surface area (Å²) in [7, 11) is -3.53. The second-order valence-corrected chi connectivity index (χ2v) is 7.39. The summed E-state index contributed by atoms with van der Waals surface area (Å²) in [5.41, 5.74) is 2.86. The molecular formula is C13H20N4O2S. The molecule has 3 rings (SSSR count). The summed E-state index contributed by atoms with van der Waals surface area (Å²) in [6, 6.07) is 1.74. The van der Waals surface area contributed by atoms with Crippen molar-refractivity contribution in [2.45, 2.75) is 43.0 Å². The van der Waals surface area contributed by atoms with Gasteiger partial charge in [0.05, 0.1) is 5.69 Å². The Morgan fingerprint density at radius 1 is 1.30 bits per heavy atom. The third-order valence-corrected chi connectivity index (χ3v) is 6.42. The van der Waals surface area contributed by atoms with E-state index in [-0.39, 0.29) is 10.9 Å². The Balaban J connectivity index is 1.98. The van der Waals surface area contributed by atoms with Gasteiger partial charge in [-0.15, -0.1) is 0 Å². The average molecular weight is 296 g/mol. The van der Waals surface area contributed by atoms with Gasteiger partial charge in [0.25, 0.3) is 0 Å². The molecule has 1 aromatic heterocycles. The third kappa shape index (κ3) is 2.19. The highest BCUT2D eigenvalue weighted by molar-refractivity contribution is 7.89. The minimum Gasteiger partial charge on any atom is -0.323 e. The van der Waals surface area contributed by atoms with Crippen molar-refractivity contribution in [2.75, 3.05) is 12.0 Å². The molecule has 6 nitrogen and oxygen atoms in total. The highest BCUT2D eigenvalue weighted by Crippen LogP contribution is 2.40. The molecule has 0 amide bonds. The lowest BCUT2D eigenvalue weighted by Gasteiger charge is -2.36. The van der Waals surface area contributed by atoms with E-state index < -0.39 is 10.0 Å². The van der Waals surface area contributed by atoms with Crippen molar-refractivity contribution < 1.29 is 8.42 Å². The summed E-state index contributed by atoms with van der Waals surface area (Å²) < 4.78 is 27.5. The molecule has 1 saturated heterocycles. The fourth-order valence-electron chi connectivity index (χ4n) is 3.54. The maximum atomic E-state index is 12.9. The van der Waals surface area contributed by atoms with Crippen LogP contribution in [0.1, 0.15) is 32.1 Å². The molecule has 2 atom stereocenters. The first-order valence-electron chi connectivity index (χ1n) is 7.07. The molecule has 0 radical (unpaired) electrons. The van der Waals surface area contributed by atoms with Crippen LogP contribution in [0.3, 0.4) is 0 Å². The number of rotatable bonds is 3. The van der Waals surface area contributed by atoms with E-state index in [2.05, 4.69) is 10.4 Å². The number of hydrogen-bond acceptors (Lipinski definition) is 5. The molecule has 7 heteroatoms.